The highest BCUT2D eigenvalue weighted by atomic mass is 35.5. The number of carbonyl (C=O) groups excluding carboxylic acids is 1. The fraction of sp³-hybridized carbons (Fsp3) is 0.562. The molecule has 1 aliphatic rings. The lowest BCUT2D eigenvalue weighted by atomic mass is 10.1. The molecular formula is C16H22Cl2N2O4S. The number of amides is 1. The van der Waals surface area contributed by atoms with E-state index in [2.05, 4.69) is 4.72 Å². The maximum absolute atomic E-state index is 12.8. The van der Waals surface area contributed by atoms with Gasteiger partial charge in [-0.2, -0.15) is 0 Å². The van der Waals surface area contributed by atoms with E-state index in [9.17, 15) is 13.2 Å². The van der Waals surface area contributed by atoms with Gasteiger partial charge in [-0.15, -0.1) is 0 Å². The molecule has 25 heavy (non-hydrogen) atoms. The van der Waals surface area contributed by atoms with E-state index in [1.807, 2.05) is 6.92 Å². The number of rotatable bonds is 6. The summed E-state index contributed by atoms with van der Waals surface area (Å²) in [6.45, 7) is 3.24. The van der Waals surface area contributed by atoms with Crippen LogP contribution in [0.5, 0.6) is 5.75 Å². The molecule has 0 aliphatic carbocycles. The number of halogens is 2. The Bertz CT molecular complexity index is 740. The second kappa shape index (κ2) is 8.58. The zero-order valence-electron chi connectivity index (χ0n) is 14.2. The Kier molecular flexibility index (Phi) is 6.96. The first kappa shape index (κ1) is 20.3. The lowest BCUT2D eigenvalue weighted by molar-refractivity contribution is -0.130. The van der Waals surface area contributed by atoms with Crippen LogP contribution in [0.1, 0.15) is 32.6 Å². The van der Waals surface area contributed by atoms with Gasteiger partial charge in [-0.3, -0.25) is 4.79 Å². The van der Waals surface area contributed by atoms with Crippen LogP contribution in [0.15, 0.2) is 17.0 Å². The van der Waals surface area contributed by atoms with E-state index in [0.717, 1.165) is 6.42 Å². The Hall–Kier alpha value is -1.02. The number of carbonyl (C=O) groups is 1. The van der Waals surface area contributed by atoms with Crippen LogP contribution in [0.3, 0.4) is 0 Å². The molecular weight excluding hydrogens is 387 g/mol. The van der Waals surface area contributed by atoms with E-state index in [1.165, 1.54) is 19.2 Å². The molecule has 0 saturated carbocycles. The van der Waals surface area contributed by atoms with Crippen molar-refractivity contribution >= 4 is 39.1 Å². The van der Waals surface area contributed by atoms with E-state index in [-0.39, 0.29) is 32.6 Å². The number of benzene rings is 1. The molecule has 1 aromatic carbocycles. The zero-order chi connectivity index (χ0) is 18.6. The molecule has 0 aromatic heterocycles. The minimum absolute atomic E-state index is 0.0129. The normalized spacial score (nSPS) is 19.0. The fourth-order valence-electron chi connectivity index (χ4n) is 2.86. The van der Waals surface area contributed by atoms with Crippen molar-refractivity contribution in [3.63, 3.8) is 0 Å². The zero-order valence-corrected chi connectivity index (χ0v) is 16.5. The average molecular weight is 409 g/mol. The number of sulfonamides is 1. The van der Waals surface area contributed by atoms with Crippen LogP contribution in [0.2, 0.25) is 10.0 Å². The highest BCUT2D eigenvalue weighted by Gasteiger charge is 2.28. The number of nitrogens with one attached hydrogen (secondary N) is 1. The Morgan fingerprint density at radius 3 is 2.68 bits per heavy atom. The van der Waals surface area contributed by atoms with E-state index >= 15 is 0 Å². The molecule has 2 rings (SSSR count). The maximum atomic E-state index is 12.8. The molecule has 1 aromatic rings. The smallest absolute Gasteiger partial charge is 0.244 e. The monoisotopic (exact) mass is 408 g/mol. The van der Waals surface area contributed by atoms with Gasteiger partial charge in [0.15, 0.2) is 5.75 Å². The summed E-state index contributed by atoms with van der Waals surface area (Å²) in [6.07, 6.45) is 2.23. The number of ether oxygens (including phenoxy) is 1. The fourth-order valence-corrected chi connectivity index (χ4v) is 4.78. The van der Waals surface area contributed by atoms with Gasteiger partial charge in [0.05, 0.1) is 12.1 Å². The first-order valence-electron chi connectivity index (χ1n) is 8.12. The van der Waals surface area contributed by atoms with Crippen LogP contribution < -0.4 is 9.46 Å². The van der Waals surface area contributed by atoms with Crippen molar-refractivity contribution in [2.45, 2.75) is 43.5 Å². The summed E-state index contributed by atoms with van der Waals surface area (Å²) >= 11 is 12.0. The molecule has 1 atom stereocenters. The van der Waals surface area contributed by atoms with Gasteiger partial charge < -0.3 is 9.64 Å². The number of nitrogens with zero attached hydrogens (tertiary/aromatic N) is 1. The van der Waals surface area contributed by atoms with Gasteiger partial charge in [0.1, 0.15) is 9.92 Å². The van der Waals surface area contributed by atoms with Gasteiger partial charge in [-0.25, -0.2) is 13.1 Å². The van der Waals surface area contributed by atoms with Crippen molar-refractivity contribution in [2.24, 2.45) is 0 Å². The molecule has 0 radical (unpaired) electrons. The van der Waals surface area contributed by atoms with Crippen LogP contribution >= 0.6 is 23.2 Å². The molecule has 1 heterocycles. The Morgan fingerprint density at radius 1 is 1.32 bits per heavy atom. The van der Waals surface area contributed by atoms with E-state index in [4.69, 9.17) is 27.9 Å². The Labute approximate surface area is 158 Å². The highest BCUT2D eigenvalue weighted by Crippen LogP contribution is 2.37. The predicted octanol–water partition coefficient (Wildman–Crippen LogP) is 3.07. The van der Waals surface area contributed by atoms with Crippen molar-refractivity contribution in [1.29, 1.82) is 0 Å². The van der Waals surface area contributed by atoms with Crippen LogP contribution in [-0.2, 0) is 14.8 Å². The SMILES string of the molecule is CCCN1CCC(NS(=O)(=O)c2ccc(Cl)c(Cl)c2OC)CCC1=O. The van der Waals surface area contributed by atoms with Gasteiger partial charge in [0.25, 0.3) is 0 Å². The van der Waals surface area contributed by atoms with E-state index in [1.54, 1.807) is 4.90 Å². The Morgan fingerprint density at radius 2 is 2.04 bits per heavy atom. The van der Waals surface area contributed by atoms with Gasteiger partial charge >= 0.3 is 0 Å². The lowest BCUT2D eigenvalue weighted by Gasteiger charge is -2.20. The molecule has 1 aliphatic heterocycles. The van der Waals surface area contributed by atoms with Crippen molar-refractivity contribution in [3.05, 3.63) is 22.2 Å². The highest BCUT2D eigenvalue weighted by molar-refractivity contribution is 7.89. The number of likely N-dealkylation sites (tertiary alicyclic amines) is 1. The molecule has 140 valence electrons. The number of methoxy groups -OCH3 is 1. The largest absolute Gasteiger partial charge is 0.494 e. The lowest BCUT2D eigenvalue weighted by Crippen LogP contribution is -2.36. The summed E-state index contributed by atoms with van der Waals surface area (Å²) in [5, 5.41) is 0.268. The van der Waals surface area contributed by atoms with Gasteiger partial charge in [-0.1, -0.05) is 30.1 Å². The summed E-state index contributed by atoms with van der Waals surface area (Å²) in [5.41, 5.74) is 0. The topological polar surface area (TPSA) is 75.7 Å². The predicted molar refractivity (Wildman–Crippen MR) is 97.8 cm³/mol. The molecule has 0 spiro atoms. The van der Waals surface area contributed by atoms with Crippen LogP contribution in [0.25, 0.3) is 0 Å². The summed E-state index contributed by atoms with van der Waals surface area (Å²) in [5.74, 6) is 0.0784. The van der Waals surface area contributed by atoms with Crippen molar-refractivity contribution in [1.82, 2.24) is 9.62 Å². The second-order valence-electron chi connectivity index (χ2n) is 5.92. The molecule has 9 heteroatoms. The molecule has 1 N–H and O–H groups in total. The first-order chi connectivity index (χ1) is 11.8. The molecule has 1 unspecified atom stereocenters. The minimum atomic E-state index is -3.85. The van der Waals surface area contributed by atoms with Gasteiger partial charge in [0, 0.05) is 25.6 Å². The second-order valence-corrected chi connectivity index (χ2v) is 8.39. The summed E-state index contributed by atoms with van der Waals surface area (Å²) in [4.78, 5) is 13.8. The average Bonchev–Trinajstić information content (AvgIpc) is 2.73. The van der Waals surface area contributed by atoms with Crippen LogP contribution in [0.4, 0.5) is 0 Å². The molecule has 6 nitrogen and oxygen atoms in total. The summed E-state index contributed by atoms with van der Waals surface area (Å²) in [6, 6.07) is 2.45. The maximum Gasteiger partial charge on any atom is 0.244 e. The quantitative estimate of drug-likeness (QED) is 0.784. The molecule has 1 amide bonds. The molecule has 1 fully saturated rings. The summed E-state index contributed by atoms with van der Waals surface area (Å²) < 4.78 is 33.3. The van der Waals surface area contributed by atoms with Crippen LogP contribution in [0, 0.1) is 0 Å². The van der Waals surface area contributed by atoms with E-state index in [0.29, 0.717) is 32.4 Å². The third kappa shape index (κ3) is 4.78. The van der Waals surface area contributed by atoms with Crippen molar-refractivity contribution < 1.29 is 17.9 Å². The van der Waals surface area contributed by atoms with Crippen molar-refractivity contribution in [2.75, 3.05) is 20.2 Å². The Balaban J connectivity index is 2.19. The third-order valence-corrected chi connectivity index (χ3v) is 6.46. The van der Waals surface area contributed by atoms with Gasteiger partial charge in [-0.05, 0) is 31.4 Å². The molecule has 1 saturated heterocycles. The standard InChI is InChI=1S/C16H22Cl2N2O4S/c1-3-9-20-10-8-11(4-7-14(20)21)19-25(22,23)13-6-5-12(17)15(18)16(13)24-2/h5-6,11,19H,3-4,7-10H2,1-2H3. The molecule has 0 bridgehead atoms. The van der Waals surface area contributed by atoms with Crippen LogP contribution in [-0.4, -0.2) is 45.5 Å². The van der Waals surface area contributed by atoms with Crippen molar-refractivity contribution in [3.8, 4) is 5.75 Å². The third-order valence-electron chi connectivity index (χ3n) is 4.13. The first-order valence-corrected chi connectivity index (χ1v) is 10.4. The number of hydrogen-bond donors (Lipinski definition) is 1. The minimum Gasteiger partial charge on any atom is -0.494 e. The summed E-state index contributed by atoms with van der Waals surface area (Å²) in [7, 11) is -2.52. The van der Waals surface area contributed by atoms with E-state index < -0.39 is 10.0 Å². The number of hydrogen-bond acceptors (Lipinski definition) is 4. The van der Waals surface area contributed by atoms with Gasteiger partial charge in [0.2, 0.25) is 15.9 Å².